The maximum atomic E-state index is 10.4. The molecular formula is C6H5ClN2O3. The van der Waals surface area contributed by atoms with Crippen LogP contribution in [0.3, 0.4) is 0 Å². The molecule has 64 valence electrons. The maximum Gasteiger partial charge on any atom is 0.294 e. The number of hydrogen-bond donors (Lipinski definition) is 1. The van der Waals surface area contributed by atoms with Crippen LogP contribution >= 0.6 is 11.6 Å². The maximum absolute atomic E-state index is 10.4. The topological polar surface area (TPSA) is 72.2 Å². The molecule has 1 aliphatic rings. The summed E-state index contributed by atoms with van der Waals surface area (Å²) in [5.74, 6) is 0. The van der Waals surface area contributed by atoms with Gasteiger partial charge in [0.05, 0.1) is 4.92 Å². The zero-order valence-electron chi connectivity index (χ0n) is 5.86. The fourth-order valence-corrected chi connectivity index (χ4v) is 1.09. The molecule has 1 unspecified atom stereocenters. The van der Waals surface area contributed by atoms with E-state index in [1.807, 2.05) is 0 Å². The number of halogens is 1. The molecule has 0 spiro atoms. The molecule has 0 saturated carbocycles. The highest BCUT2D eigenvalue weighted by Crippen LogP contribution is 2.17. The molecule has 12 heavy (non-hydrogen) atoms. The predicted octanol–water partition coefficient (Wildman–Crippen LogP) is 0.398. The molecule has 1 N–H and O–H groups in total. The number of nitrogens with zero attached hydrogens (tertiary/aromatic N) is 1. The minimum atomic E-state index is -0.947. The summed E-state index contributed by atoms with van der Waals surface area (Å²) in [6.07, 6.45) is 3.16. The second kappa shape index (κ2) is 3.36. The number of aldehydes is 1. The Kier molecular flexibility index (Phi) is 2.44. The van der Waals surface area contributed by atoms with Crippen molar-refractivity contribution in [2.75, 3.05) is 0 Å². The molecule has 0 fully saturated rings. The highest BCUT2D eigenvalue weighted by molar-refractivity contribution is 6.31. The molecule has 0 aliphatic carbocycles. The monoisotopic (exact) mass is 188 g/mol. The average Bonchev–Trinajstić information content (AvgIpc) is 2.03. The van der Waals surface area contributed by atoms with E-state index in [0.717, 1.165) is 0 Å². The van der Waals surface area contributed by atoms with Crippen molar-refractivity contribution >= 4 is 17.9 Å². The Bertz CT molecular complexity index is 285. The molecule has 6 heteroatoms. The van der Waals surface area contributed by atoms with Crippen LogP contribution < -0.4 is 5.32 Å². The van der Waals surface area contributed by atoms with Crippen molar-refractivity contribution in [2.45, 2.75) is 6.04 Å². The molecule has 5 nitrogen and oxygen atoms in total. The molecule has 0 aromatic carbocycles. The molecular weight excluding hydrogens is 184 g/mol. The first-order chi connectivity index (χ1) is 5.66. The van der Waals surface area contributed by atoms with E-state index in [2.05, 4.69) is 5.32 Å². The Labute approximate surface area is 72.8 Å². The first-order valence-corrected chi connectivity index (χ1v) is 3.46. The zero-order chi connectivity index (χ0) is 9.14. The van der Waals surface area contributed by atoms with Gasteiger partial charge in [-0.15, -0.1) is 0 Å². The van der Waals surface area contributed by atoms with Gasteiger partial charge < -0.3 is 10.1 Å². The highest BCUT2D eigenvalue weighted by Gasteiger charge is 2.28. The van der Waals surface area contributed by atoms with Crippen LogP contribution in [0.4, 0.5) is 0 Å². The summed E-state index contributed by atoms with van der Waals surface area (Å²) in [5, 5.41) is 12.8. The first-order valence-electron chi connectivity index (χ1n) is 3.08. The molecule has 0 aromatic rings. The van der Waals surface area contributed by atoms with E-state index < -0.39 is 11.0 Å². The van der Waals surface area contributed by atoms with Gasteiger partial charge in [0.15, 0.2) is 12.3 Å². The molecule has 0 aromatic heterocycles. The minimum absolute atomic E-state index is 0.0177. The SMILES string of the molecule is O=CC1NC=CC(Cl)=C1[N+](=O)[O-]. The van der Waals surface area contributed by atoms with E-state index in [0.29, 0.717) is 6.29 Å². The van der Waals surface area contributed by atoms with Gasteiger partial charge in [0.2, 0.25) is 0 Å². The van der Waals surface area contributed by atoms with Crippen molar-refractivity contribution < 1.29 is 9.72 Å². The van der Waals surface area contributed by atoms with Gasteiger partial charge in [0.25, 0.3) is 5.70 Å². The zero-order valence-corrected chi connectivity index (χ0v) is 6.62. The van der Waals surface area contributed by atoms with Gasteiger partial charge in [-0.3, -0.25) is 10.1 Å². The Hall–Kier alpha value is -1.36. The molecule has 0 radical (unpaired) electrons. The van der Waals surface area contributed by atoms with Crippen molar-refractivity contribution in [3.8, 4) is 0 Å². The summed E-state index contributed by atoms with van der Waals surface area (Å²) in [4.78, 5) is 20.0. The van der Waals surface area contributed by atoms with Gasteiger partial charge in [-0.1, -0.05) is 11.6 Å². The number of nitrogens with one attached hydrogen (secondary N) is 1. The van der Waals surface area contributed by atoms with Crippen LogP contribution in [0.1, 0.15) is 0 Å². The molecule has 0 amide bonds. The number of hydrogen-bond acceptors (Lipinski definition) is 4. The fourth-order valence-electron chi connectivity index (χ4n) is 0.842. The summed E-state index contributed by atoms with van der Waals surface area (Å²) >= 11 is 5.50. The van der Waals surface area contributed by atoms with Crippen molar-refractivity contribution in [3.05, 3.63) is 33.1 Å². The van der Waals surface area contributed by atoms with Crippen LogP contribution in [-0.4, -0.2) is 17.3 Å². The second-order valence-electron chi connectivity index (χ2n) is 2.10. The third kappa shape index (κ3) is 1.45. The van der Waals surface area contributed by atoms with E-state index >= 15 is 0 Å². The molecule has 1 heterocycles. The van der Waals surface area contributed by atoms with Crippen molar-refractivity contribution in [1.29, 1.82) is 0 Å². The number of nitro groups is 1. The fraction of sp³-hybridized carbons (Fsp3) is 0.167. The smallest absolute Gasteiger partial charge is 0.294 e. The minimum Gasteiger partial charge on any atom is -0.373 e. The number of carbonyl (C=O) groups is 1. The standard InChI is InChI=1S/C6H5ClN2O3/c7-4-1-2-8-5(3-10)6(4)9(11)12/h1-3,5,8H. The predicted molar refractivity (Wildman–Crippen MR) is 42.0 cm³/mol. The van der Waals surface area contributed by atoms with Crippen LogP contribution in [0.2, 0.25) is 0 Å². The number of carbonyl (C=O) groups excluding carboxylic acids is 1. The van der Waals surface area contributed by atoms with E-state index in [1.165, 1.54) is 12.3 Å². The largest absolute Gasteiger partial charge is 0.373 e. The Morgan fingerprint density at radius 1 is 1.75 bits per heavy atom. The summed E-state index contributed by atoms with van der Waals surface area (Å²) in [6, 6.07) is -0.947. The van der Waals surface area contributed by atoms with Crippen LogP contribution in [0.15, 0.2) is 23.0 Å². The summed E-state index contributed by atoms with van der Waals surface area (Å²) in [5.41, 5.74) is -0.311. The third-order valence-electron chi connectivity index (χ3n) is 1.38. The van der Waals surface area contributed by atoms with Crippen LogP contribution in [0.5, 0.6) is 0 Å². The summed E-state index contributed by atoms with van der Waals surface area (Å²) in [6.45, 7) is 0. The van der Waals surface area contributed by atoms with Gasteiger partial charge in [0.1, 0.15) is 5.03 Å². The highest BCUT2D eigenvalue weighted by atomic mass is 35.5. The molecule has 1 rings (SSSR count). The van der Waals surface area contributed by atoms with Gasteiger partial charge in [-0.2, -0.15) is 0 Å². The van der Waals surface area contributed by atoms with E-state index in [9.17, 15) is 14.9 Å². The lowest BCUT2D eigenvalue weighted by Gasteiger charge is -2.11. The second-order valence-corrected chi connectivity index (χ2v) is 2.51. The lowest BCUT2D eigenvalue weighted by atomic mass is 10.2. The van der Waals surface area contributed by atoms with Gasteiger partial charge in [0, 0.05) is 0 Å². The van der Waals surface area contributed by atoms with E-state index in [1.54, 1.807) is 0 Å². The molecule has 0 saturated heterocycles. The van der Waals surface area contributed by atoms with Gasteiger partial charge in [-0.25, -0.2) is 0 Å². The Morgan fingerprint density at radius 3 is 2.83 bits per heavy atom. The first kappa shape index (κ1) is 8.73. The lowest BCUT2D eigenvalue weighted by Crippen LogP contribution is -2.34. The van der Waals surface area contributed by atoms with Gasteiger partial charge in [-0.05, 0) is 12.3 Å². The average molecular weight is 189 g/mol. The Balaban J connectivity index is 3.06. The number of allylic oxidation sites excluding steroid dienone is 2. The van der Waals surface area contributed by atoms with E-state index in [4.69, 9.17) is 11.6 Å². The van der Waals surface area contributed by atoms with Crippen LogP contribution in [0, 0.1) is 10.1 Å². The van der Waals surface area contributed by atoms with Gasteiger partial charge >= 0.3 is 0 Å². The Morgan fingerprint density at radius 2 is 2.42 bits per heavy atom. The van der Waals surface area contributed by atoms with Crippen LogP contribution in [0.25, 0.3) is 0 Å². The summed E-state index contributed by atoms with van der Waals surface area (Å²) < 4.78 is 0. The number of rotatable bonds is 2. The normalized spacial score (nSPS) is 21.9. The molecule has 1 aliphatic heterocycles. The van der Waals surface area contributed by atoms with Crippen molar-refractivity contribution in [1.82, 2.24) is 5.32 Å². The summed E-state index contributed by atoms with van der Waals surface area (Å²) in [7, 11) is 0. The quantitative estimate of drug-likeness (QED) is 0.387. The molecule has 1 atom stereocenters. The number of dihydropyridines is 1. The van der Waals surface area contributed by atoms with E-state index in [-0.39, 0.29) is 10.7 Å². The molecule has 0 bridgehead atoms. The van der Waals surface area contributed by atoms with Crippen LogP contribution in [-0.2, 0) is 4.79 Å². The third-order valence-corrected chi connectivity index (χ3v) is 1.70. The van der Waals surface area contributed by atoms with Crippen molar-refractivity contribution in [2.24, 2.45) is 0 Å². The van der Waals surface area contributed by atoms with Crippen molar-refractivity contribution in [3.63, 3.8) is 0 Å². The lowest BCUT2D eigenvalue weighted by molar-refractivity contribution is -0.429.